The smallest absolute Gasteiger partial charge is 0.0462 e. The summed E-state index contributed by atoms with van der Waals surface area (Å²) in [6.07, 6.45) is 6.74. The van der Waals surface area contributed by atoms with Crippen molar-refractivity contribution in [2.75, 3.05) is 6.61 Å². The van der Waals surface area contributed by atoms with Crippen LogP contribution in [-0.2, 0) is 6.42 Å². The molecule has 1 aromatic rings. The summed E-state index contributed by atoms with van der Waals surface area (Å²) in [5, 5.41) is 9.16. The number of hydrogen-bond acceptors (Lipinski definition) is 2. The molecule has 2 nitrogen and oxygen atoms in total. The molecule has 0 saturated carbocycles. The van der Waals surface area contributed by atoms with Crippen molar-refractivity contribution in [3.63, 3.8) is 0 Å². The predicted octanol–water partition coefficient (Wildman–Crippen LogP) is 2.80. The molecule has 0 spiro atoms. The molecule has 0 saturated heterocycles. The first-order chi connectivity index (χ1) is 6.76. The lowest BCUT2D eigenvalue weighted by atomic mass is 9.97. The molecular formula is C11H16BrNO. The van der Waals surface area contributed by atoms with Crippen LogP contribution in [0.5, 0.6) is 0 Å². The molecule has 0 aliphatic carbocycles. The van der Waals surface area contributed by atoms with Gasteiger partial charge in [0.15, 0.2) is 0 Å². The minimum Gasteiger partial charge on any atom is -0.396 e. The minimum absolute atomic E-state index is 0.264. The van der Waals surface area contributed by atoms with E-state index >= 15 is 0 Å². The molecule has 14 heavy (non-hydrogen) atoms. The van der Waals surface area contributed by atoms with Gasteiger partial charge in [-0.2, -0.15) is 0 Å². The maximum Gasteiger partial charge on any atom is 0.0462 e. The summed E-state index contributed by atoms with van der Waals surface area (Å²) in [5.74, 6) is 0.371. The quantitative estimate of drug-likeness (QED) is 0.880. The second-order valence-corrected chi connectivity index (χ2v) is 4.47. The number of aromatic nitrogens is 1. The number of aliphatic hydroxyl groups excluding tert-OH is 1. The van der Waals surface area contributed by atoms with E-state index in [1.807, 2.05) is 6.20 Å². The molecule has 1 heterocycles. The highest BCUT2D eigenvalue weighted by Crippen LogP contribution is 2.16. The van der Waals surface area contributed by atoms with Crippen LogP contribution in [0.4, 0.5) is 0 Å². The van der Waals surface area contributed by atoms with E-state index in [0.29, 0.717) is 5.92 Å². The lowest BCUT2D eigenvalue weighted by Gasteiger charge is -2.12. The van der Waals surface area contributed by atoms with Gasteiger partial charge in [-0.15, -0.1) is 0 Å². The molecule has 1 unspecified atom stereocenters. The van der Waals surface area contributed by atoms with Crippen LogP contribution in [0.1, 0.15) is 25.3 Å². The van der Waals surface area contributed by atoms with Gasteiger partial charge in [-0.3, -0.25) is 4.98 Å². The maximum atomic E-state index is 9.16. The van der Waals surface area contributed by atoms with E-state index < -0.39 is 0 Å². The van der Waals surface area contributed by atoms with Crippen molar-refractivity contribution in [2.45, 2.75) is 26.2 Å². The lowest BCUT2D eigenvalue weighted by molar-refractivity contribution is 0.217. The Kier molecular flexibility index (Phi) is 5.12. The van der Waals surface area contributed by atoms with Gasteiger partial charge in [-0.25, -0.2) is 0 Å². The van der Waals surface area contributed by atoms with E-state index in [4.69, 9.17) is 5.11 Å². The van der Waals surface area contributed by atoms with Gasteiger partial charge in [-0.05, 0) is 46.3 Å². The van der Waals surface area contributed by atoms with E-state index in [0.717, 1.165) is 23.7 Å². The first-order valence-corrected chi connectivity index (χ1v) is 5.75. The number of nitrogens with zero attached hydrogens (tertiary/aromatic N) is 1. The van der Waals surface area contributed by atoms with Crippen molar-refractivity contribution < 1.29 is 5.11 Å². The summed E-state index contributed by atoms with van der Waals surface area (Å²) >= 11 is 3.39. The number of rotatable bonds is 5. The second-order valence-electron chi connectivity index (χ2n) is 3.55. The summed E-state index contributed by atoms with van der Waals surface area (Å²) in [6.45, 7) is 2.40. The normalized spacial score (nSPS) is 12.8. The SMILES string of the molecule is CCCC(CO)Cc1cncc(Br)c1. The first-order valence-electron chi connectivity index (χ1n) is 4.96. The number of aliphatic hydroxyl groups is 1. The predicted molar refractivity (Wildman–Crippen MR) is 61.1 cm³/mol. The molecule has 1 N–H and O–H groups in total. The zero-order chi connectivity index (χ0) is 10.4. The molecule has 0 aromatic carbocycles. The standard InChI is InChI=1S/C11H16BrNO/c1-2-3-9(8-14)4-10-5-11(12)7-13-6-10/h5-7,9,14H,2-4,8H2,1H3. The molecule has 1 rings (SSSR count). The second kappa shape index (κ2) is 6.14. The van der Waals surface area contributed by atoms with Crippen LogP contribution in [0.2, 0.25) is 0 Å². The topological polar surface area (TPSA) is 33.1 Å². The van der Waals surface area contributed by atoms with Gasteiger partial charge in [-0.1, -0.05) is 13.3 Å². The molecule has 1 atom stereocenters. The highest BCUT2D eigenvalue weighted by atomic mass is 79.9. The summed E-state index contributed by atoms with van der Waals surface area (Å²) < 4.78 is 1.00. The fourth-order valence-corrected chi connectivity index (χ4v) is 1.98. The maximum absolute atomic E-state index is 9.16. The Bertz CT molecular complexity index is 278. The van der Waals surface area contributed by atoms with Gasteiger partial charge >= 0.3 is 0 Å². The van der Waals surface area contributed by atoms with Gasteiger partial charge in [0.2, 0.25) is 0 Å². The van der Waals surface area contributed by atoms with Crippen LogP contribution in [0.15, 0.2) is 22.9 Å². The molecule has 78 valence electrons. The van der Waals surface area contributed by atoms with Gasteiger partial charge < -0.3 is 5.11 Å². The Labute approximate surface area is 93.5 Å². The van der Waals surface area contributed by atoms with Crippen molar-refractivity contribution >= 4 is 15.9 Å². The Morgan fingerprint density at radius 2 is 2.29 bits per heavy atom. The number of hydrogen-bond donors (Lipinski definition) is 1. The van der Waals surface area contributed by atoms with Crippen molar-refractivity contribution in [2.24, 2.45) is 5.92 Å². The average Bonchev–Trinajstić information content (AvgIpc) is 2.17. The largest absolute Gasteiger partial charge is 0.396 e. The van der Waals surface area contributed by atoms with Crippen LogP contribution in [0.3, 0.4) is 0 Å². The summed E-state index contributed by atoms with van der Waals surface area (Å²) in [4.78, 5) is 4.10. The lowest BCUT2D eigenvalue weighted by Crippen LogP contribution is -2.09. The summed E-state index contributed by atoms with van der Waals surface area (Å²) in [5.41, 5.74) is 1.19. The molecule has 3 heteroatoms. The van der Waals surface area contributed by atoms with E-state index in [1.54, 1.807) is 6.20 Å². The van der Waals surface area contributed by atoms with E-state index in [1.165, 1.54) is 5.56 Å². The fraction of sp³-hybridized carbons (Fsp3) is 0.545. The fourth-order valence-electron chi connectivity index (χ4n) is 1.57. The van der Waals surface area contributed by atoms with Crippen LogP contribution >= 0.6 is 15.9 Å². The molecule has 0 fully saturated rings. The third-order valence-electron chi connectivity index (χ3n) is 2.24. The van der Waals surface area contributed by atoms with E-state index in [2.05, 4.69) is 33.9 Å². The third-order valence-corrected chi connectivity index (χ3v) is 2.67. The molecule has 0 amide bonds. The molecule has 0 aliphatic rings. The van der Waals surface area contributed by atoms with Crippen molar-refractivity contribution in [3.8, 4) is 0 Å². The van der Waals surface area contributed by atoms with Crippen LogP contribution < -0.4 is 0 Å². The van der Waals surface area contributed by atoms with Gasteiger partial charge in [0.05, 0.1) is 0 Å². The summed E-state index contributed by atoms with van der Waals surface area (Å²) in [7, 11) is 0. The Hall–Kier alpha value is -0.410. The molecule has 0 radical (unpaired) electrons. The van der Waals surface area contributed by atoms with Gasteiger partial charge in [0.25, 0.3) is 0 Å². The van der Waals surface area contributed by atoms with E-state index in [9.17, 15) is 0 Å². The number of halogens is 1. The number of pyridine rings is 1. The van der Waals surface area contributed by atoms with Gasteiger partial charge in [0, 0.05) is 23.5 Å². The molecule has 0 bridgehead atoms. The highest BCUT2D eigenvalue weighted by molar-refractivity contribution is 9.10. The van der Waals surface area contributed by atoms with Crippen LogP contribution in [0.25, 0.3) is 0 Å². The van der Waals surface area contributed by atoms with Crippen molar-refractivity contribution in [3.05, 3.63) is 28.5 Å². The van der Waals surface area contributed by atoms with Crippen molar-refractivity contribution in [1.29, 1.82) is 0 Å². The average molecular weight is 258 g/mol. The third kappa shape index (κ3) is 3.76. The monoisotopic (exact) mass is 257 g/mol. The Morgan fingerprint density at radius 3 is 2.86 bits per heavy atom. The summed E-state index contributed by atoms with van der Waals surface area (Å²) in [6, 6.07) is 2.06. The minimum atomic E-state index is 0.264. The zero-order valence-corrected chi connectivity index (χ0v) is 10.00. The molecule has 0 aliphatic heterocycles. The highest BCUT2D eigenvalue weighted by Gasteiger charge is 2.07. The first kappa shape index (κ1) is 11.7. The van der Waals surface area contributed by atoms with Gasteiger partial charge in [0.1, 0.15) is 0 Å². The Morgan fingerprint density at radius 1 is 1.50 bits per heavy atom. The van der Waals surface area contributed by atoms with Crippen molar-refractivity contribution in [1.82, 2.24) is 4.98 Å². The molecular weight excluding hydrogens is 242 g/mol. The van der Waals surface area contributed by atoms with Crippen LogP contribution in [-0.4, -0.2) is 16.7 Å². The Balaban J connectivity index is 2.57. The van der Waals surface area contributed by atoms with Crippen LogP contribution in [0, 0.1) is 5.92 Å². The van der Waals surface area contributed by atoms with E-state index in [-0.39, 0.29) is 6.61 Å². The molecule has 1 aromatic heterocycles. The zero-order valence-electron chi connectivity index (χ0n) is 8.41.